The van der Waals surface area contributed by atoms with Crippen LogP contribution in [0.1, 0.15) is 46.0 Å². The normalized spacial score (nSPS) is 19.3. The lowest BCUT2D eigenvalue weighted by Gasteiger charge is -2.29. The predicted molar refractivity (Wildman–Crippen MR) is 109 cm³/mol. The summed E-state index contributed by atoms with van der Waals surface area (Å²) in [5.41, 5.74) is 11.3. The number of amides is 3. The first-order valence-corrected chi connectivity index (χ1v) is 10.3. The van der Waals surface area contributed by atoms with E-state index in [4.69, 9.17) is 11.5 Å². The Labute approximate surface area is 176 Å². The molecule has 0 aromatic carbocycles. The van der Waals surface area contributed by atoms with Crippen LogP contribution in [0.3, 0.4) is 0 Å². The molecule has 0 bridgehead atoms. The summed E-state index contributed by atoms with van der Waals surface area (Å²) in [6, 6.07) is -4.00. The van der Waals surface area contributed by atoms with Crippen LogP contribution in [0.4, 0.5) is 0 Å². The molecule has 0 spiro atoms. The molecule has 1 rings (SSSR count). The van der Waals surface area contributed by atoms with E-state index in [0.29, 0.717) is 38.8 Å². The second-order valence-electron chi connectivity index (χ2n) is 7.89. The number of likely N-dealkylation sites (tertiary alicyclic amines) is 1. The zero-order chi connectivity index (χ0) is 22.8. The van der Waals surface area contributed by atoms with Crippen LogP contribution < -0.4 is 22.1 Å². The number of nitrogens with zero attached hydrogens (tertiary/aromatic N) is 1. The van der Waals surface area contributed by atoms with Crippen LogP contribution in [-0.4, -0.2) is 82.7 Å². The molecule has 1 heterocycles. The van der Waals surface area contributed by atoms with Gasteiger partial charge in [0.15, 0.2) is 0 Å². The average Bonchev–Trinajstić information content (AvgIpc) is 3.19. The minimum Gasteiger partial charge on any atom is -0.480 e. The van der Waals surface area contributed by atoms with Gasteiger partial charge in [0.2, 0.25) is 17.7 Å². The lowest BCUT2D eigenvalue weighted by molar-refractivity contribution is -0.143. The summed E-state index contributed by atoms with van der Waals surface area (Å²) in [5, 5.41) is 23.6. The molecule has 1 saturated heterocycles. The number of unbranched alkanes of at least 4 members (excludes halogenated alkanes) is 1. The molecule has 1 aliphatic heterocycles. The highest BCUT2D eigenvalue weighted by molar-refractivity contribution is 5.94. The molecule has 1 fully saturated rings. The maximum Gasteiger partial charge on any atom is 0.326 e. The summed E-state index contributed by atoms with van der Waals surface area (Å²) in [4.78, 5) is 50.4. The molecular formula is C19H35N5O6. The molecule has 8 N–H and O–H groups in total. The molecule has 30 heavy (non-hydrogen) atoms. The van der Waals surface area contributed by atoms with E-state index in [9.17, 15) is 29.4 Å². The van der Waals surface area contributed by atoms with Gasteiger partial charge < -0.3 is 37.2 Å². The molecule has 11 nitrogen and oxygen atoms in total. The minimum atomic E-state index is -1.33. The third-order valence-corrected chi connectivity index (χ3v) is 5.22. The second kappa shape index (κ2) is 12.5. The van der Waals surface area contributed by atoms with E-state index in [0.717, 1.165) is 0 Å². The van der Waals surface area contributed by atoms with Crippen molar-refractivity contribution < 1.29 is 29.4 Å². The predicted octanol–water partition coefficient (Wildman–Crippen LogP) is -1.86. The van der Waals surface area contributed by atoms with Gasteiger partial charge in [-0.3, -0.25) is 14.4 Å². The number of aliphatic hydroxyl groups is 1. The number of carbonyl (C=O) groups excluding carboxylic acids is 3. The fourth-order valence-corrected chi connectivity index (χ4v) is 3.26. The number of nitrogens with one attached hydrogen (secondary N) is 2. The molecule has 11 heteroatoms. The highest BCUT2D eigenvalue weighted by atomic mass is 16.4. The fraction of sp³-hybridized carbons (Fsp3) is 0.789. The Morgan fingerprint density at radius 2 is 1.80 bits per heavy atom. The van der Waals surface area contributed by atoms with Gasteiger partial charge in [-0.25, -0.2) is 4.79 Å². The highest BCUT2D eigenvalue weighted by Gasteiger charge is 2.38. The van der Waals surface area contributed by atoms with Gasteiger partial charge in [0.05, 0.1) is 12.6 Å². The Bertz CT molecular complexity index is 614. The monoisotopic (exact) mass is 429 g/mol. The third-order valence-electron chi connectivity index (χ3n) is 5.22. The number of hydrogen-bond donors (Lipinski definition) is 6. The number of aliphatic carboxylic acids is 1. The Kier molecular flexibility index (Phi) is 10.7. The molecule has 0 aliphatic carbocycles. The summed E-state index contributed by atoms with van der Waals surface area (Å²) < 4.78 is 0. The van der Waals surface area contributed by atoms with E-state index >= 15 is 0 Å². The van der Waals surface area contributed by atoms with Crippen LogP contribution in [0.15, 0.2) is 0 Å². The molecular weight excluding hydrogens is 394 g/mol. The molecule has 3 amide bonds. The van der Waals surface area contributed by atoms with Crippen molar-refractivity contribution in [3.63, 3.8) is 0 Å². The Morgan fingerprint density at radius 3 is 2.33 bits per heavy atom. The van der Waals surface area contributed by atoms with E-state index in [1.165, 1.54) is 4.90 Å². The molecule has 4 unspecified atom stereocenters. The zero-order valence-corrected chi connectivity index (χ0v) is 17.7. The van der Waals surface area contributed by atoms with Gasteiger partial charge in [-0.2, -0.15) is 0 Å². The number of nitrogens with two attached hydrogens (primary N) is 2. The number of rotatable bonds is 12. The second-order valence-corrected chi connectivity index (χ2v) is 7.89. The van der Waals surface area contributed by atoms with Gasteiger partial charge in [0.25, 0.3) is 0 Å². The van der Waals surface area contributed by atoms with Crippen LogP contribution >= 0.6 is 0 Å². The maximum atomic E-state index is 12.7. The highest BCUT2D eigenvalue weighted by Crippen LogP contribution is 2.20. The van der Waals surface area contributed by atoms with Gasteiger partial charge >= 0.3 is 5.97 Å². The summed E-state index contributed by atoms with van der Waals surface area (Å²) in [5.74, 6) is -3.02. The zero-order valence-electron chi connectivity index (χ0n) is 17.7. The van der Waals surface area contributed by atoms with Gasteiger partial charge in [-0.15, -0.1) is 0 Å². The van der Waals surface area contributed by atoms with Crippen LogP contribution in [-0.2, 0) is 19.2 Å². The number of carbonyl (C=O) groups is 4. The first-order chi connectivity index (χ1) is 14.1. The molecule has 0 saturated carbocycles. The van der Waals surface area contributed by atoms with E-state index in [1.54, 1.807) is 0 Å². The number of carboxylic acid groups (broad SMARTS) is 1. The SMILES string of the molecule is CC(C)C(N)C(=O)N1CCCC1C(=O)NC(CO)C(=O)NC(CCCCN)C(=O)O. The van der Waals surface area contributed by atoms with Crippen molar-refractivity contribution in [3.05, 3.63) is 0 Å². The molecule has 1 aliphatic rings. The number of aliphatic hydroxyl groups excluding tert-OH is 1. The molecule has 172 valence electrons. The minimum absolute atomic E-state index is 0.0926. The van der Waals surface area contributed by atoms with Gasteiger partial charge in [-0.1, -0.05) is 13.8 Å². The Balaban J connectivity index is 2.75. The number of carboxylic acids is 1. The number of hydrogen-bond acceptors (Lipinski definition) is 7. The van der Waals surface area contributed by atoms with E-state index in [2.05, 4.69) is 10.6 Å². The van der Waals surface area contributed by atoms with Crippen LogP contribution in [0.5, 0.6) is 0 Å². The average molecular weight is 430 g/mol. The lowest BCUT2D eigenvalue weighted by Crippen LogP contribution is -2.58. The quantitative estimate of drug-likeness (QED) is 0.195. The lowest BCUT2D eigenvalue weighted by atomic mass is 10.0. The van der Waals surface area contributed by atoms with Gasteiger partial charge in [0, 0.05) is 6.54 Å². The standard InChI is InChI=1S/C19H35N5O6/c1-11(2)15(21)18(28)24-9-5-7-14(24)17(27)23-13(10-25)16(26)22-12(19(29)30)6-3-4-8-20/h11-15,25H,3-10,20-21H2,1-2H3,(H,22,26)(H,23,27)(H,29,30). The molecule has 4 atom stereocenters. The summed E-state index contributed by atoms with van der Waals surface area (Å²) in [6.07, 6.45) is 2.34. The topological polar surface area (TPSA) is 188 Å². The fourth-order valence-electron chi connectivity index (χ4n) is 3.26. The van der Waals surface area contributed by atoms with E-state index < -0.39 is 48.6 Å². The Morgan fingerprint density at radius 1 is 1.13 bits per heavy atom. The Hall–Kier alpha value is -2.24. The molecule has 0 aromatic heterocycles. The smallest absolute Gasteiger partial charge is 0.326 e. The molecule has 0 aromatic rings. The van der Waals surface area contributed by atoms with Crippen LogP contribution in [0.2, 0.25) is 0 Å². The van der Waals surface area contributed by atoms with Crippen LogP contribution in [0, 0.1) is 5.92 Å². The van der Waals surface area contributed by atoms with Crippen molar-refractivity contribution in [2.75, 3.05) is 19.7 Å². The summed E-state index contributed by atoms with van der Waals surface area (Å²) in [6.45, 7) is 3.71. The van der Waals surface area contributed by atoms with E-state index in [1.807, 2.05) is 13.8 Å². The van der Waals surface area contributed by atoms with Crippen molar-refractivity contribution in [3.8, 4) is 0 Å². The third kappa shape index (κ3) is 7.22. The van der Waals surface area contributed by atoms with Gasteiger partial charge in [-0.05, 0) is 44.6 Å². The van der Waals surface area contributed by atoms with Crippen molar-refractivity contribution >= 4 is 23.7 Å². The van der Waals surface area contributed by atoms with Gasteiger partial charge in [0.1, 0.15) is 18.1 Å². The molecule has 0 radical (unpaired) electrons. The van der Waals surface area contributed by atoms with Crippen LogP contribution in [0.25, 0.3) is 0 Å². The summed E-state index contributed by atoms with van der Waals surface area (Å²) in [7, 11) is 0. The van der Waals surface area contributed by atoms with Crippen molar-refractivity contribution in [1.29, 1.82) is 0 Å². The maximum absolute atomic E-state index is 12.7. The summed E-state index contributed by atoms with van der Waals surface area (Å²) >= 11 is 0. The van der Waals surface area contributed by atoms with Crippen molar-refractivity contribution in [2.24, 2.45) is 17.4 Å². The largest absolute Gasteiger partial charge is 0.480 e. The van der Waals surface area contributed by atoms with E-state index in [-0.39, 0.29) is 18.2 Å². The first-order valence-electron chi connectivity index (χ1n) is 10.3. The van der Waals surface area contributed by atoms with Crippen molar-refractivity contribution in [2.45, 2.75) is 70.1 Å². The first kappa shape index (κ1) is 25.8. The van der Waals surface area contributed by atoms with Crippen molar-refractivity contribution in [1.82, 2.24) is 15.5 Å².